The third-order valence-corrected chi connectivity index (χ3v) is 2.24. The first kappa shape index (κ1) is 8.29. The first-order chi connectivity index (χ1) is 5.25. The summed E-state index contributed by atoms with van der Waals surface area (Å²) in [6, 6.07) is 0. The highest BCUT2D eigenvalue weighted by atomic mass is 32.1. The summed E-state index contributed by atoms with van der Waals surface area (Å²) in [5, 5.41) is 13.0. The average molecular weight is 172 g/mol. The first-order valence-electron chi connectivity index (χ1n) is 3.16. The van der Waals surface area contributed by atoms with Crippen molar-refractivity contribution in [1.82, 2.24) is 9.59 Å². The zero-order valence-corrected chi connectivity index (χ0v) is 6.84. The van der Waals surface area contributed by atoms with Gasteiger partial charge in [0.25, 0.3) is 0 Å². The largest absolute Gasteiger partial charge is 0.387 e. The molecule has 1 aromatic rings. The van der Waals surface area contributed by atoms with Gasteiger partial charge in [0.1, 0.15) is 6.29 Å². The van der Waals surface area contributed by atoms with E-state index in [1.54, 1.807) is 6.92 Å². The van der Waals surface area contributed by atoms with Crippen LogP contribution in [0.3, 0.4) is 0 Å². The van der Waals surface area contributed by atoms with Crippen LogP contribution in [0.4, 0.5) is 0 Å². The summed E-state index contributed by atoms with van der Waals surface area (Å²) in [6.45, 7) is 1.76. The van der Waals surface area contributed by atoms with Crippen LogP contribution in [0.25, 0.3) is 0 Å². The van der Waals surface area contributed by atoms with Gasteiger partial charge in [0.2, 0.25) is 0 Å². The van der Waals surface area contributed by atoms with Gasteiger partial charge in [-0.2, -0.15) is 0 Å². The Balaban J connectivity index is 2.74. The molecule has 1 heterocycles. The van der Waals surface area contributed by atoms with Gasteiger partial charge in [-0.1, -0.05) is 4.49 Å². The zero-order chi connectivity index (χ0) is 8.27. The van der Waals surface area contributed by atoms with E-state index < -0.39 is 6.10 Å². The third kappa shape index (κ3) is 1.81. The van der Waals surface area contributed by atoms with Crippen LogP contribution in [-0.2, 0) is 4.79 Å². The third-order valence-electron chi connectivity index (χ3n) is 1.31. The number of aliphatic hydroxyl groups excluding tert-OH is 1. The Kier molecular flexibility index (Phi) is 2.67. The molecule has 5 heteroatoms. The Morgan fingerprint density at radius 3 is 3.00 bits per heavy atom. The summed E-state index contributed by atoms with van der Waals surface area (Å²) in [5.41, 5.74) is 0.698. The smallest absolute Gasteiger partial charge is 0.122 e. The second kappa shape index (κ2) is 3.54. The van der Waals surface area contributed by atoms with Crippen LogP contribution >= 0.6 is 11.5 Å². The van der Waals surface area contributed by atoms with E-state index in [4.69, 9.17) is 0 Å². The quantitative estimate of drug-likeness (QED) is 0.673. The monoisotopic (exact) mass is 172 g/mol. The van der Waals surface area contributed by atoms with E-state index in [-0.39, 0.29) is 6.42 Å². The molecule has 0 amide bonds. The fourth-order valence-corrected chi connectivity index (χ4v) is 1.38. The molecule has 0 aliphatic carbocycles. The molecule has 0 spiro atoms. The van der Waals surface area contributed by atoms with Gasteiger partial charge in [0, 0.05) is 6.42 Å². The number of hydrogen-bond donors (Lipinski definition) is 1. The lowest BCUT2D eigenvalue weighted by Gasteiger charge is -2.01. The molecule has 0 fully saturated rings. The molecule has 0 saturated carbocycles. The number of aliphatic hydroxyl groups is 1. The first-order valence-corrected chi connectivity index (χ1v) is 3.93. The molecule has 1 rings (SSSR count). The van der Waals surface area contributed by atoms with Crippen LogP contribution < -0.4 is 0 Å². The Hall–Kier alpha value is -0.810. The Bertz CT molecular complexity index is 248. The second-order valence-electron chi connectivity index (χ2n) is 2.14. The molecule has 1 aromatic heterocycles. The molecule has 0 bridgehead atoms. The molecule has 0 saturated heterocycles. The molecular formula is C6H8N2O2S. The molecule has 1 unspecified atom stereocenters. The van der Waals surface area contributed by atoms with Gasteiger partial charge in [-0.3, -0.25) is 0 Å². The minimum atomic E-state index is -0.729. The van der Waals surface area contributed by atoms with E-state index in [9.17, 15) is 9.90 Å². The standard InChI is InChI=1S/C6H8N2O2S/c1-4-6(11-8-7-4)5(10)2-3-9/h3,5,10H,2H2,1H3. The van der Waals surface area contributed by atoms with Gasteiger partial charge in [0.05, 0.1) is 16.7 Å². The summed E-state index contributed by atoms with van der Waals surface area (Å²) in [5.74, 6) is 0. The molecule has 0 radical (unpaired) electrons. The summed E-state index contributed by atoms with van der Waals surface area (Å²) in [7, 11) is 0. The molecule has 1 atom stereocenters. The maximum atomic E-state index is 10.0. The lowest BCUT2D eigenvalue weighted by atomic mass is 10.2. The summed E-state index contributed by atoms with van der Waals surface area (Å²) < 4.78 is 3.64. The van der Waals surface area contributed by atoms with E-state index in [1.807, 2.05) is 0 Å². The van der Waals surface area contributed by atoms with Crippen molar-refractivity contribution in [1.29, 1.82) is 0 Å². The minimum Gasteiger partial charge on any atom is -0.387 e. The highest BCUT2D eigenvalue weighted by molar-refractivity contribution is 7.05. The number of carbonyl (C=O) groups excluding carboxylic acids is 1. The molecule has 0 aliphatic heterocycles. The van der Waals surface area contributed by atoms with Crippen molar-refractivity contribution >= 4 is 17.8 Å². The Morgan fingerprint density at radius 1 is 1.82 bits per heavy atom. The molecule has 11 heavy (non-hydrogen) atoms. The fourth-order valence-electron chi connectivity index (χ4n) is 0.741. The maximum Gasteiger partial charge on any atom is 0.122 e. The number of carbonyl (C=O) groups is 1. The van der Waals surface area contributed by atoms with Crippen LogP contribution in [0.1, 0.15) is 23.1 Å². The van der Waals surface area contributed by atoms with Crippen LogP contribution in [0.15, 0.2) is 0 Å². The van der Waals surface area contributed by atoms with E-state index in [1.165, 1.54) is 0 Å². The van der Waals surface area contributed by atoms with Crippen LogP contribution in [0.2, 0.25) is 0 Å². The van der Waals surface area contributed by atoms with Crippen molar-refractivity contribution in [2.24, 2.45) is 0 Å². The van der Waals surface area contributed by atoms with Crippen molar-refractivity contribution in [2.45, 2.75) is 19.4 Å². The van der Waals surface area contributed by atoms with E-state index in [0.717, 1.165) is 11.5 Å². The summed E-state index contributed by atoms with van der Waals surface area (Å²) >= 11 is 1.13. The number of nitrogens with zero attached hydrogens (tertiary/aromatic N) is 2. The number of aromatic nitrogens is 2. The summed E-state index contributed by atoms with van der Waals surface area (Å²) in [4.78, 5) is 10.7. The minimum absolute atomic E-state index is 0.116. The van der Waals surface area contributed by atoms with Gasteiger partial charge >= 0.3 is 0 Å². The number of aryl methyl sites for hydroxylation is 1. The van der Waals surface area contributed by atoms with Crippen LogP contribution in [-0.4, -0.2) is 21.0 Å². The van der Waals surface area contributed by atoms with Crippen molar-refractivity contribution < 1.29 is 9.90 Å². The second-order valence-corrected chi connectivity index (χ2v) is 2.93. The number of hydrogen-bond acceptors (Lipinski definition) is 5. The average Bonchev–Trinajstić information content (AvgIpc) is 2.36. The Labute approximate surface area is 68.0 Å². The van der Waals surface area contributed by atoms with Crippen molar-refractivity contribution in [2.75, 3.05) is 0 Å². The van der Waals surface area contributed by atoms with E-state index in [0.29, 0.717) is 16.9 Å². The predicted octanol–water partition coefficient (Wildman–Crippen LogP) is 0.469. The highest BCUT2D eigenvalue weighted by Crippen LogP contribution is 2.20. The molecule has 4 nitrogen and oxygen atoms in total. The van der Waals surface area contributed by atoms with Gasteiger partial charge in [0.15, 0.2) is 0 Å². The lowest BCUT2D eigenvalue weighted by Crippen LogP contribution is -1.96. The fraction of sp³-hybridized carbons (Fsp3) is 0.500. The normalized spacial score (nSPS) is 12.9. The van der Waals surface area contributed by atoms with Crippen molar-refractivity contribution in [3.63, 3.8) is 0 Å². The molecule has 0 aliphatic rings. The lowest BCUT2D eigenvalue weighted by molar-refractivity contribution is -0.109. The van der Waals surface area contributed by atoms with E-state index >= 15 is 0 Å². The van der Waals surface area contributed by atoms with Crippen LogP contribution in [0, 0.1) is 6.92 Å². The molecule has 60 valence electrons. The van der Waals surface area contributed by atoms with Gasteiger partial charge in [-0.15, -0.1) is 5.10 Å². The maximum absolute atomic E-state index is 10.0. The zero-order valence-electron chi connectivity index (χ0n) is 6.02. The predicted molar refractivity (Wildman–Crippen MR) is 40.3 cm³/mol. The molecule has 0 aromatic carbocycles. The molecule has 1 N–H and O–H groups in total. The van der Waals surface area contributed by atoms with Gasteiger partial charge in [-0.25, -0.2) is 0 Å². The number of aldehydes is 1. The van der Waals surface area contributed by atoms with Gasteiger partial charge < -0.3 is 9.90 Å². The van der Waals surface area contributed by atoms with Crippen molar-refractivity contribution in [3.8, 4) is 0 Å². The van der Waals surface area contributed by atoms with Gasteiger partial charge in [-0.05, 0) is 18.5 Å². The topological polar surface area (TPSA) is 63.1 Å². The van der Waals surface area contributed by atoms with Crippen molar-refractivity contribution in [3.05, 3.63) is 10.6 Å². The number of rotatable bonds is 3. The highest BCUT2D eigenvalue weighted by Gasteiger charge is 2.12. The van der Waals surface area contributed by atoms with E-state index in [2.05, 4.69) is 9.59 Å². The van der Waals surface area contributed by atoms with Crippen LogP contribution in [0.5, 0.6) is 0 Å². The molecular weight excluding hydrogens is 164 g/mol. The Morgan fingerprint density at radius 2 is 2.55 bits per heavy atom. The SMILES string of the molecule is Cc1nnsc1C(O)CC=O. The summed E-state index contributed by atoms with van der Waals surface area (Å²) in [6.07, 6.45) is 0.0710.